The molecule has 0 aliphatic heterocycles. The molecule has 0 aliphatic carbocycles. The van der Waals surface area contributed by atoms with Crippen LogP contribution in [-0.4, -0.2) is 49.4 Å². The molecule has 0 fully saturated rings. The van der Waals surface area contributed by atoms with Crippen LogP contribution in [0.1, 0.15) is 33.0 Å². The van der Waals surface area contributed by atoms with Crippen LogP contribution in [0.25, 0.3) is 0 Å². The third-order valence-corrected chi connectivity index (χ3v) is 2.84. The van der Waals surface area contributed by atoms with Crippen molar-refractivity contribution >= 4 is 0 Å². The zero-order valence-electron chi connectivity index (χ0n) is 10.5. The summed E-state index contributed by atoms with van der Waals surface area (Å²) in [6, 6.07) is 0. The lowest BCUT2D eigenvalue weighted by Crippen LogP contribution is -2.44. The van der Waals surface area contributed by atoms with Crippen molar-refractivity contribution in [1.82, 2.24) is 25.1 Å². The SMILES string of the molecule is CCCn1nnnc1CN(C)C(C)(C)CO. The molecule has 1 aromatic heterocycles. The average molecular weight is 227 g/mol. The first kappa shape index (κ1) is 13.1. The van der Waals surface area contributed by atoms with E-state index in [-0.39, 0.29) is 12.1 Å². The monoisotopic (exact) mass is 227 g/mol. The van der Waals surface area contributed by atoms with Crippen LogP contribution in [0.4, 0.5) is 0 Å². The van der Waals surface area contributed by atoms with Crippen LogP contribution in [0.15, 0.2) is 0 Å². The second kappa shape index (κ2) is 5.36. The molecule has 1 aromatic rings. The van der Waals surface area contributed by atoms with E-state index in [1.165, 1.54) is 0 Å². The molecule has 0 aromatic carbocycles. The van der Waals surface area contributed by atoms with Gasteiger partial charge in [0, 0.05) is 12.1 Å². The van der Waals surface area contributed by atoms with Crippen molar-refractivity contribution in [3.63, 3.8) is 0 Å². The van der Waals surface area contributed by atoms with Gasteiger partial charge in [-0.2, -0.15) is 0 Å². The van der Waals surface area contributed by atoms with Crippen LogP contribution < -0.4 is 0 Å². The number of hydrogen-bond donors (Lipinski definition) is 1. The molecule has 92 valence electrons. The van der Waals surface area contributed by atoms with Gasteiger partial charge >= 0.3 is 0 Å². The van der Waals surface area contributed by atoms with Crippen LogP contribution in [0, 0.1) is 0 Å². The van der Waals surface area contributed by atoms with Gasteiger partial charge in [-0.05, 0) is 37.7 Å². The van der Waals surface area contributed by atoms with Gasteiger partial charge in [0.25, 0.3) is 0 Å². The number of aryl methyl sites for hydroxylation is 1. The molecule has 16 heavy (non-hydrogen) atoms. The molecule has 0 aliphatic rings. The third kappa shape index (κ3) is 2.99. The fraction of sp³-hybridized carbons (Fsp3) is 0.900. The minimum Gasteiger partial charge on any atom is -0.394 e. The van der Waals surface area contributed by atoms with Crippen molar-refractivity contribution in [2.24, 2.45) is 0 Å². The molecule has 1 rings (SSSR count). The van der Waals surface area contributed by atoms with Crippen LogP contribution in [0.5, 0.6) is 0 Å². The van der Waals surface area contributed by atoms with Gasteiger partial charge in [0.1, 0.15) is 0 Å². The Morgan fingerprint density at radius 2 is 2.12 bits per heavy atom. The fourth-order valence-electron chi connectivity index (χ4n) is 1.27. The highest BCUT2D eigenvalue weighted by molar-refractivity contribution is 4.86. The lowest BCUT2D eigenvalue weighted by Gasteiger charge is -2.33. The van der Waals surface area contributed by atoms with Gasteiger partial charge < -0.3 is 5.11 Å². The Morgan fingerprint density at radius 3 is 2.69 bits per heavy atom. The molecule has 1 heterocycles. The fourth-order valence-corrected chi connectivity index (χ4v) is 1.27. The standard InChI is InChI=1S/C10H21N5O/c1-5-6-15-9(11-12-13-15)7-14(4)10(2,3)8-16/h16H,5-8H2,1-4H3. The van der Waals surface area contributed by atoms with E-state index in [0.29, 0.717) is 6.54 Å². The number of aliphatic hydroxyl groups is 1. The summed E-state index contributed by atoms with van der Waals surface area (Å²) < 4.78 is 1.81. The Morgan fingerprint density at radius 1 is 1.44 bits per heavy atom. The maximum Gasteiger partial charge on any atom is 0.165 e. The Bertz CT molecular complexity index is 323. The van der Waals surface area contributed by atoms with Crippen molar-refractivity contribution in [2.45, 2.75) is 45.8 Å². The first-order valence-corrected chi connectivity index (χ1v) is 5.58. The number of aliphatic hydroxyl groups excluding tert-OH is 1. The van der Waals surface area contributed by atoms with Gasteiger partial charge in [-0.3, -0.25) is 4.90 Å². The van der Waals surface area contributed by atoms with E-state index in [1.807, 2.05) is 30.5 Å². The molecule has 6 heteroatoms. The van der Waals surface area contributed by atoms with E-state index in [1.54, 1.807) is 0 Å². The summed E-state index contributed by atoms with van der Waals surface area (Å²) in [6.45, 7) is 7.64. The highest BCUT2D eigenvalue weighted by Crippen LogP contribution is 2.13. The molecular weight excluding hydrogens is 206 g/mol. The van der Waals surface area contributed by atoms with E-state index in [9.17, 15) is 5.11 Å². The first-order valence-electron chi connectivity index (χ1n) is 5.58. The van der Waals surface area contributed by atoms with Crippen molar-refractivity contribution in [2.75, 3.05) is 13.7 Å². The summed E-state index contributed by atoms with van der Waals surface area (Å²) in [6.07, 6.45) is 1.01. The summed E-state index contributed by atoms with van der Waals surface area (Å²) in [7, 11) is 1.96. The van der Waals surface area contributed by atoms with Crippen molar-refractivity contribution in [1.29, 1.82) is 0 Å². The Labute approximate surface area is 96.3 Å². The molecule has 0 unspecified atom stereocenters. The van der Waals surface area contributed by atoms with E-state index in [0.717, 1.165) is 18.8 Å². The van der Waals surface area contributed by atoms with Crippen molar-refractivity contribution < 1.29 is 5.11 Å². The van der Waals surface area contributed by atoms with E-state index >= 15 is 0 Å². The maximum atomic E-state index is 9.27. The Balaban J connectivity index is 2.69. The second-order valence-corrected chi connectivity index (χ2v) is 4.64. The van der Waals surface area contributed by atoms with E-state index < -0.39 is 0 Å². The van der Waals surface area contributed by atoms with Gasteiger partial charge in [-0.15, -0.1) is 5.10 Å². The summed E-state index contributed by atoms with van der Waals surface area (Å²) >= 11 is 0. The zero-order chi connectivity index (χ0) is 12.2. The lowest BCUT2D eigenvalue weighted by atomic mass is 10.1. The molecule has 0 bridgehead atoms. The second-order valence-electron chi connectivity index (χ2n) is 4.64. The summed E-state index contributed by atoms with van der Waals surface area (Å²) in [5, 5.41) is 20.9. The van der Waals surface area contributed by atoms with Gasteiger partial charge in [-0.25, -0.2) is 4.68 Å². The van der Waals surface area contributed by atoms with Crippen LogP contribution >= 0.6 is 0 Å². The molecule has 1 N–H and O–H groups in total. The van der Waals surface area contributed by atoms with Gasteiger partial charge in [0.2, 0.25) is 0 Å². The number of hydrogen-bond acceptors (Lipinski definition) is 5. The maximum absolute atomic E-state index is 9.27. The minimum absolute atomic E-state index is 0.110. The molecule has 0 saturated heterocycles. The number of tetrazole rings is 1. The van der Waals surface area contributed by atoms with Crippen LogP contribution in [-0.2, 0) is 13.1 Å². The summed E-state index contributed by atoms with van der Waals surface area (Å²) in [5.74, 6) is 0.839. The summed E-state index contributed by atoms with van der Waals surface area (Å²) in [4.78, 5) is 2.05. The Kier molecular flexibility index (Phi) is 4.37. The topological polar surface area (TPSA) is 67.1 Å². The largest absolute Gasteiger partial charge is 0.394 e. The quantitative estimate of drug-likeness (QED) is 0.756. The van der Waals surface area contributed by atoms with E-state index in [4.69, 9.17) is 0 Å². The minimum atomic E-state index is -0.261. The number of aromatic nitrogens is 4. The third-order valence-electron chi connectivity index (χ3n) is 2.84. The van der Waals surface area contributed by atoms with Gasteiger partial charge in [0.05, 0.1) is 13.2 Å². The van der Waals surface area contributed by atoms with Crippen LogP contribution in [0.2, 0.25) is 0 Å². The molecule has 0 saturated carbocycles. The average Bonchev–Trinajstić information content (AvgIpc) is 2.66. The highest BCUT2D eigenvalue weighted by atomic mass is 16.3. The normalized spacial score (nSPS) is 12.4. The van der Waals surface area contributed by atoms with Crippen molar-refractivity contribution in [3.8, 4) is 0 Å². The molecule has 0 spiro atoms. The Hall–Kier alpha value is -1.01. The number of rotatable bonds is 6. The first-order chi connectivity index (χ1) is 7.51. The predicted octanol–water partition coefficient (Wildman–Crippen LogP) is 0.286. The van der Waals surface area contributed by atoms with Gasteiger partial charge in [0.15, 0.2) is 5.82 Å². The number of likely N-dealkylation sites (N-methyl/N-ethyl adjacent to an activating group) is 1. The summed E-state index contributed by atoms with van der Waals surface area (Å²) in [5.41, 5.74) is -0.261. The smallest absolute Gasteiger partial charge is 0.165 e. The van der Waals surface area contributed by atoms with Crippen molar-refractivity contribution in [3.05, 3.63) is 5.82 Å². The molecule has 0 amide bonds. The molecule has 0 atom stereocenters. The molecule has 0 radical (unpaired) electrons. The zero-order valence-corrected chi connectivity index (χ0v) is 10.5. The lowest BCUT2D eigenvalue weighted by molar-refractivity contribution is 0.0702. The van der Waals surface area contributed by atoms with E-state index in [2.05, 4.69) is 22.4 Å². The van der Waals surface area contributed by atoms with Gasteiger partial charge in [-0.1, -0.05) is 6.92 Å². The predicted molar refractivity (Wildman–Crippen MR) is 60.7 cm³/mol. The molecular formula is C10H21N5O. The van der Waals surface area contributed by atoms with Crippen LogP contribution in [0.3, 0.4) is 0 Å². The molecule has 6 nitrogen and oxygen atoms in total. The number of nitrogens with zero attached hydrogens (tertiary/aromatic N) is 5. The highest BCUT2D eigenvalue weighted by Gasteiger charge is 2.24.